The second-order valence-electron chi connectivity index (χ2n) is 4.99. The van der Waals surface area contributed by atoms with Gasteiger partial charge >= 0.3 is 0 Å². The van der Waals surface area contributed by atoms with E-state index in [-0.39, 0.29) is 11.4 Å². The molecule has 0 atom stereocenters. The van der Waals surface area contributed by atoms with Crippen molar-refractivity contribution in [2.75, 3.05) is 11.1 Å². The molecule has 9 heteroatoms. The number of carbonyl (C=O) groups is 1. The molecule has 0 bridgehead atoms. The van der Waals surface area contributed by atoms with Gasteiger partial charge in [0.2, 0.25) is 5.91 Å². The van der Waals surface area contributed by atoms with E-state index < -0.39 is 17.5 Å². The number of nitrogens with zero attached hydrogens (tertiary/aromatic N) is 3. The summed E-state index contributed by atoms with van der Waals surface area (Å²) in [5, 5.41) is 6.62. The molecule has 1 aromatic carbocycles. The topological polar surface area (TPSA) is 80.9 Å². The molecule has 2 aromatic heterocycles. The third-order valence-corrected chi connectivity index (χ3v) is 4.01. The van der Waals surface area contributed by atoms with Gasteiger partial charge in [0.05, 0.1) is 22.0 Å². The van der Waals surface area contributed by atoms with Gasteiger partial charge in [0.1, 0.15) is 11.6 Å². The number of nitrogens with one attached hydrogen (secondary N) is 1. The molecule has 6 nitrogen and oxygen atoms in total. The first-order chi connectivity index (χ1) is 12.0. The maximum Gasteiger partial charge on any atom is 0.259 e. The minimum Gasteiger partial charge on any atom is -0.334 e. The minimum absolute atomic E-state index is 0.00195. The molecular weight excluding hydrogens is 350 g/mol. The van der Waals surface area contributed by atoms with Crippen LogP contribution in [-0.2, 0) is 4.79 Å². The molecule has 3 aromatic rings. The number of pyridine rings is 1. The summed E-state index contributed by atoms with van der Waals surface area (Å²) in [4.78, 5) is 20.1. The van der Waals surface area contributed by atoms with E-state index in [2.05, 4.69) is 20.4 Å². The van der Waals surface area contributed by atoms with Gasteiger partial charge in [-0.2, -0.15) is 4.98 Å². The average Bonchev–Trinajstić information content (AvgIpc) is 3.03. The van der Waals surface area contributed by atoms with Crippen molar-refractivity contribution < 1.29 is 18.1 Å². The number of halogens is 2. The Morgan fingerprint density at radius 2 is 2.12 bits per heavy atom. The number of rotatable bonds is 5. The standard InChI is InChI=1S/C16H12F2N4O2S/c1-9-20-16(24-22-9)10-2-5-15(19-7-10)25-8-14(23)21-13-6-11(17)3-4-12(13)18/h2-7H,8H2,1H3,(H,21,23). The quantitative estimate of drug-likeness (QED) is 0.700. The summed E-state index contributed by atoms with van der Waals surface area (Å²) in [6, 6.07) is 6.31. The number of anilines is 1. The van der Waals surface area contributed by atoms with Crippen molar-refractivity contribution in [1.29, 1.82) is 0 Å². The predicted molar refractivity (Wildman–Crippen MR) is 88.0 cm³/mol. The van der Waals surface area contributed by atoms with E-state index in [1.54, 1.807) is 25.3 Å². The molecular formula is C16H12F2N4O2S. The molecule has 3 rings (SSSR count). The Hall–Kier alpha value is -2.81. The summed E-state index contributed by atoms with van der Waals surface area (Å²) >= 11 is 1.16. The van der Waals surface area contributed by atoms with E-state index in [1.165, 1.54) is 0 Å². The van der Waals surface area contributed by atoms with Crippen LogP contribution in [0.25, 0.3) is 11.5 Å². The molecule has 128 valence electrons. The van der Waals surface area contributed by atoms with Crippen LogP contribution in [0.2, 0.25) is 0 Å². The lowest BCUT2D eigenvalue weighted by atomic mass is 10.3. The van der Waals surface area contributed by atoms with Gasteiger partial charge < -0.3 is 9.84 Å². The van der Waals surface area contributed by atoms with Crippen LogP contribution in [0.4, 0.5) is 14.5 Å². The Balaban J connectivity index is 1.58. The van der Waals surface area contributed by atoms with Crippen LogP contribution in [0.3, 0.4) is 0 Å². The van der Waals surface area contributed by atoms with Crippen molar-refractivity contribution in [3.05, 3.63) is 54.0 Å². The van der Waals surface area contributed by atoms with Crippen molar-refractivity contribution in [2.45, 2.75) is 11.9 Å². The molecule has 25 heavy (non-hydrogen) atoms. The highest BCUT2D eigenvalue weighted by atomic mass is 32.2. The molecule has 0 unspecified atom stereocenters. The Morgan fingerprint density at radius 3 is 2.80 bits per heavy atom. The van der Waals surface area contributed by atoms with Crippen LogP contribution in [0.5, 0.6) is 0 Å². The van der Waals surface area contributed by atoms with E-state index in [1.807, 2.05) is 0 Å². The number of thioether (sulfide) groups is 1. The smallest absolute Gasteiger partial charge is 0.259 e. The van der Waals surface area contributed by atoms with Crippen molar-refractivity contribution in [2.24, 2.45) is 0 Å². The number of carbonyl (C=O) groups excluding carboxylic acids is 1. The molecule has 1 N–H and O–H groups in total. The highest BCUT2D eigenvalue weighted by Gasteiger charge is 2.10. The Bertz CT molecular complexity index is 899. The van der Waals surface area contributed by atoms with Gasteiger partial charge in [0.25, 0.3) is 5.89 Å². The van der Waals surface area contributed by atoms with Gasteiger partial charge in [0, 0.05) is 12.3 Å². The second-order valence-corrected chi connectivity index (χ2v) is 5.99. The molecule has 0 aliphatic rings. The summed E-state index contributed by atoms with van der Waals surface area (Å²) in [6.07, 6.45) is 1.55. The van der Waals surface area contributed by atoms with Crippen molar-refractivity contribution in [1.82, 2.24) is 15.1 Å². The zero-order chi connectivity index (χ0) is 17.8. The second kappa shape index (κ2) is 7.39. The molecule has 0 aliphatic carbocycles. The predicted octanol–water partition coefficient (Wildman–Crippen LogP) is 3.45. The highest BCUT2D eigenvalue weighted by Crippen LogP contribution is 2.21. The van der Waals surface area contributed by atoms with Crippen LogP contribution in [-0.4, -0.2) is 26.8 Å². The number of hydrogen-bond acceptors (Lipinski definition) is 6. The van der Waals surface area contributed by atoms with Gasteiger partial charge in [-0.15, -0.1) is 0 Å². The number of aromatic nitrogens is 3. The molecule has 1 amide bonds. The van der Waals surface area contributed by atoms with Gasteiger partial charge in [0.15, 0.2) is 5.82 Å². The van der Waals surface area contributed by atoms with E-state index in [0.717, 1.165) is 30.0 Å². The first-order valence-corrected chi connectivity index (χ1v) is 8.14. The molecule has 0 aliphatic heterocycles. The van der Waals surface area contributed by atoms with Gasteiger partial charge in [-0.1, -0.05) is 16.9 Å². The van der Waals surface area contributed by atoms with Crippen LogP contribution < -0.4 is 5.32 Å². The van der Waals surface area contributed by atoms with Gasteiger partial charge in [-0.3, -0.25) is 4.79 Å². The van der Waals surface area contributed by atoms with E-state index in [4.69, 9.17) is 4.52 Å². The van der Waals surface area contributed by atoms with Crippen LogP contribution in [0.15, 0.2) is 46.1 Å². The monoisotopic (exact) mass is 362 g/mol. The molecule has 0 fully saturated rings. The number of aryl methyl sites for hydroxylation is 1. The lowest BCUT2D eigenvalue weighted by Crippen LogP contribution is -2.15. The summed E-state index contributed by atoms with van der Waals surface area (Å²) in [7, 11) is 0. The lowest BCUT2D eigenvalue weighted by molar-refractivity contribution is -0.113. The Kier molecular flexibility index (Phi) is 5.03. The number of hydrogen-bond donors (Lipinski definition) is 1. The number of amides is 1. The zero-order valence-electron chi connectivity index (χ0n) is 13.0. The van der Waals surface area contributed by atoms with Crippen molar-refractivity contribution >= 4 is 23.4 Å². The third kappa shape index (κ3) is 4.38. The fourth-order valence-electron chi connectivity index (χ4n) is 1.93. The van der Waals surface area contributed by atoms with Crippen molar-refractivity contribution in [3.63, 3.8) is 0 Å². The maximum atomic E-state index is 13.5. The largest absolute Gasteiger partial charge is 0.334 e. The zero-order valence-corrected chi connectivity index (χ0v) is 13.8. The highest BCUT2D eigenvalue weighted by molar-refractivity contribution is 7.99. The summed E-state index contributed by atoms with van der Waals surface area (Å²) < 4.78 is 31.6. The third-order valence-electron chi connectivity index (χ3n) is 3.06. The number of benzene rings is 1. The summed E-state index contributed by atoms with van der Waals surface area (Å²) in [5.41, 5.74) is 0.469. The van der Waals surface area contributed by atoms with E-state index in [9.17, 15) is 13.6 Å². The average molecular weight is 362 g/mol. The fourth-order valence-corrected chi connectivity index (χ4v) is 2.57. The normalized spacial score (nSPS) is 10.7. The van der Waals surface area contributed by atoms with Gasteiger partial charge in [-0.25, -0.2) is 13.8 Å². The molecule has 0 radical (unpaired) electrons. The summed E-state index contributed by atoms with van der Waals surface area (Å²) in [6.45, 7) is 1.71. The van der Waals surface area contributed by atoms with Gasteiger partial charge in [-0.05, 0) is 31.2 Å². The summed E-state index contributed by atoms with van der Waals surface area (Å²) in [5.74, 6) is -0.902. The van der Waals surface area contributed by atoms with Crippen LogP contribution in [0.1, 0.15) is 5.82 Å². The minimum atomic E-state index is -0.697. The maximum absolute atomic E-state index is 13.5. The molecule has 0 saturated carbocycles. The first kappa shape index (κ1) is 17.0. The Morgan fingerprint density at radius 1 is 1.28 bits per heavy atom. The lowest BCUT2D eigenvalue weighted by Gasteiger charge is -2.06. The van der Waals surface area contributed by atoms with Crippen LogP contribution >= 0.6 is 11.8 Å². The SMILES string of the molecule is Cc1noc(-c2ccc(SCC(=O)Nc3cc(F)ccc3F)nc2)n1. The molecule has 0 saturated heterocycles. The van der Waals surface area contributed by atoms with Crippen molar-refractivity contribution in [3.8, 4) is 11.5 Å². The van der Waals surface area contributed by atoms with E-state index >= 15 is 0 Å². The van der Waals surface area contributed by atoms with E-state index in [0.29, 0.717) is 22.3 Å². The fraction of sp³-hybridized carbons (Fsp3) is 0.125. The molecule has 2 heterocycles. The van der Waals surface area contributed by atoms with Crippen LogP contribution in [0, 0.1) is 18.6 Å². The first-order valence-electron chi connectivity index (χ1n) is 7.16. The Labute approximate surface area is 145 Å². The molecule has 0 spiro atoms.